The fourth-order valence-corrected chi connectivity index (χ4v) is 1.89. The molecule has 0 saturated heterocycles. The van der Waals surface area contributed by atoms with Gasteiger partial charge in [-0.25, -0.2) is 0 Å². The highest BCUT2D eigenvalue weighted by Gasteiger charge is 2.09. The van der Waals surface area contributed by atoms with Crippen molar-refractivity contribution in [3.8, 4) is 0 Å². The second-order valence-electron chi connectivity index (χ2n) is 3.14. The van der Waals surface area contributed by atoms with Gasteiger partial charge in [-0.2, -0.15) is 0 Å². The molecule has 0 fully saturated rings. The normalized spacial score (nSPS) is 9.07. The molecule has 1 rings (SSSR count). The molecule has 0 bridgehead atoms. The molecule has 0 unspecified atom stereocenters. The van der Waals surface area contributed by atoms with E-state index in [2.05, 4.69) is 27.9 Å². The van der Waals surface area contributed by atoms with E-state index in [1.165, 1.54) is 0 Å². The first-order valence-electron chi connectivity index (χ1n) is 4.25. The molecule has 0 spiro atoms. The Morgan fingerprint density at radius 3 is 2.40 bits per heavy atom. The lowest BCUT2D eigenvalue weighted by atomic mass is 10.2. The second kappa shape index (κ2) is 6.17. The lowest BCUT2D eigenvalue weighted by Gasteiger charge is -2.11. The van der Waals surface area contributed by atoms with Gasteiger partial charge in [0, 0.05) is 36.0 Å². The van der Waals surface area contributed by atoms with Crippen LogP contribution in [0.3, 0.4) is 0 Å². The molecule has 0 saturated carbocycles. The Hall–Kier alpha value is -0.490. The highest BCUT2D eigenvalue weighted by molar-refractivity contribution is 14.1. The summed E-state index contributed by atoms with van der Waals surface area (Å²) < 4.78 is 1.05. The molecule has 0 aliphatic carbocycles. The molecule has 1 aromatic carbocycles. The van der Waals surface area contributed by atoms with Crippen molar-refractivity contribution < 1.29 is 4.79 Å². The van der Waals surface area contributed by atoms with E-state index < -0.39 is 0 Å². The summed E-state index contributed by atoms with van der Waals surface area (Å²) in [6.45, 7) is 0. The zero-order chi connectivity index (χ0) is 10.7. The topological polar surface area (TPSA) is 32.3 Å². The number of halogens is 2. The van der Waals surface area contributed by atoms with Gasteiger partial charge in [0.2, 0.25) is 0 Å². The quantitative estimate of drug-likeness (QED) is 0.839. The molecule has 3 nitrogen and oxygen atoms in total. The summed E-state index contributed by atoms with van der Waals surface area (Å²) in [5.41, 5.74) is 1.76. The van der Waals surface area contributed by atoms with Gasteiger partial charge in [-0.15, -0.1) is 12.4 Å². The summed E-state index contributed by atoms with van der Waals surface area (Å²) in [6.07, 6.45) is 0. The number of anilines is 1. The Morgan fingerprint density at radius 2 is 2.00 bits per heavy atom. The second-order valence-corrected chi connectivity index (χ2v) is 4.31. The standard InChI is InChI=1S/C10H13IN2O.ClH/c1-12-9-5-4-7(6-8(9)11)10(14)13(2)3;/h4-6,12H,1-3H3;1H. The number of carbonyl (C=O) groups is 1. The Labute approximate surface area is 110 Å². The van der Waals surface area contributed by atoms with E-state index in [0.717, 1.165) is 14.8 Å². The van der Waals surface area contributed by atoms with Gasteiger partial charge in [-0.1, -0.05) is 0 Å². The Kier molecular flexibility index (Phi) is 5.97. The Balaban J connectivity index is 0.00000196. The van der Waals surface area contributed by atoms with Crippen molar-refractivity contribution >= 4 is 46.6 Å². The van der Waals surface area contributed by atoms with Gasteiger partial charge in [-0.3, -0.25) is 4.79 Å². The summed E-state index contributed by atoms with van der Waals surface area (Å²) in [7, 11) is 5.37. The van der Waals surface area contributed by atoms with Crippen molar-refractivity contribution in [1.82, 2.24) is 4.90 Å². The molecule has 0 aliphatic rings. The monoisotopic (exact) mass is 340 g/mol. The van der Waals surface area contributed by atoms with Gasteiger partial charge < -0.3 is 10.2 Å². The van der Waals surface area contributed by atoms with Crippen LogP contribution < -0.4 is 5.32 Å². The average molecular weight is 341 g/mol. The molecule has 1 amide bonds. The molecule has 0 atom stereocenters. The van der Waals surface area contributed by atoms with Crippen molar-refractivity contribution in [2.24, 2.45) is 0 Å². The van der Waals surface area contributed by atoms with E-state index in [4.69, 9.17) is 0 Å². The highest BCUT2D eigenvalue weighted by atomic mass is 127. The molecule has 0 aromatic heterocycles. The van der Waals surface area contributed by atoms with E-state index in [-0.39, 0.29) is 18.3 Å². The molecule has 1 N–H and O–H groups in total. The van der Waals surface area contributed by atoms with Crippen LogP contribution in [-0.2, 0) is 0 Å². The van der Waals surface area contributed by atoms with Crippen LogP contribution in [0, 0.1) is 3.57 Å². The van der Waals surface area contributed by atoms with Crippen molar-refractivity contribution in [3.05, 3.63) is 27.3 Å². The maximum Gasteiger partial charge on any atom is 0.253 e. The first-order valence-corrected chi connectivity index (χ1v) is 5.33. The predicted molar refractivity (Wildman–Crippen MR) is 74.0 cm³/mol. The van der Waals surface area contributed by atoms with Crippen LogP contribution in [0.4, 0.5) is 5.69 Å². The number of nitrogens with zero attached hydrogens (tertiary/aromatic N) is 1. The van der Waals surface area contributed by atoms with Crippen LogP contribution in [0.1, 0.15) is 10.4 Å². The number of hydrogen-bond acceptors (Lipinski definition) is 2. The van der Waals surface area contributed by atoms with E-state index in [9.17, 15) is 4.79 Å². The van der Waals surface area contributed by atoms with Crippen LogP contribution in [0.15, 0.2) is 18.2 Å². The van der Waals surface area contributed by atoms with E-state index in [0.29, 0.717) is 0 Å². The SMILES string of the molecule is CNc1ccc(C(=O)N(C)C)cc1I.Cl. The molecule has 0 heterocycles. The number of nitrogens with one attached hydrogen (secondary N) is 1. The molecule has 0 radical (unpaired) electrons. The predicted octanol–water partition coefficient (Wildman–Crippen LogP) is 2.46. The van der Waals surface area contributed by atoms with Crippen molar-refractivity contribution in [1.29, 1.82) is 0 Å². The van der Waals surface area contributed by atoms with E-state index in [1.54, 1.807) is 19.0 Å². The summed E-state index contributed by atoms with van der Waals surface area (Å²) in [6, 6.07) is 5.63. The first-order chi connectivity index (χ1) is 6.56. The highest BCUT2D eigenvalue weighted by Crippen LogP contribution is 2.19. The van der Waals surface area contributed by atoms with Crippen LogP contribution in [0.25, 0.3) is 0 Å². The minimum absolute atomic E-state index is 0. The number of rotatable bonds is 2. The van der Waals surface area contributed by atoms with E-state index >= 15 is 0 Å². The third kappa shape index (κ3) is 3.53. The van der Waals surface area contributed by atoms with Crippen LogP contribution in [-0.4, -0.2) is 32.0 Å². The molecule has 15 heavy (non-hydrogen) atoms. The molecule has 0 aliphatic heterocycles. The largest absolute Gasteiger partial charge is 0.387 e. The zero-order valence-electron chi connectivity index (χ0n) is 8.87. The summed E-state index contributed by atoms with van der Waals surface area (Å²) >= 11 is 2.21. The lowest BCUT2D eigenvalue weighted by molar-refractivity contribution is 0.0827. The van der Waals surface area contributed by atoms with Crippen LogP contribution in [0.5, 0.6) is 0 Å². The number of carbonyl (C=O) groups excluding carboxylic acids is 1. The molecule has 1 aromatic rings. The van der Waals surface area contributed by atoms with Crippen molar-refractivity contribution in [2.75, 3.05) is 26.5 Å². The Bertz CT molecular complexity index is 355. The van der Waals surface area contributed by atoms with Gasteiger partial charge in [0.1, 0.15) is 0 Å². The van der Waals surface area contributed by atoms with Crippen LogP contribution >= 0.6 is 35.0 Å². The maximum atomic E-state index is 11.6. The molecular weight excluding hydrogens is 326 g/mol. The summed E-state index contributed by atoms with van der Waals surface area (Å²) in [5.74, 6) is 0.0329. The molecule has 84 valence electrons. The zero-order valence-corrected chi connectivity index (χ0v) is 11.8. The van der Waals surface area contributed by atoms with Crippen molar-refractivity contribution in [3.63, 3.8) is 0 Å². The van der Waals surface area contributed by atoms with Crippen LogP contribution in [0.2, 0.25) is 0 Å². The minimum atomic E-state index is 0. The van der Waals surface area contributed by atoms with Crippen molar-refractivity contribution in [2.45, 2.75) is 0 Å². The maximum absolute atomic E-state index is 11.6. The smallest absolute Gasteiger partial charge is 0.253 e. The minimum Gasteiger partial charge on any atom is -0.387 e. The van der Waals surface area contributed by atoms with Gasteiger partial charge in [-0.05, 0) is 40.8 Å². The third-order valence-electron chi connectivity index (χ3n) is 1.89. The van der Waals surface area contributed by atoms with Gasteiger partial charge >= 0.3 is 0 Å². The number of benzene rings is 1. The average Bonchev–Trinajstić information content (AvgIpc) is 2.16. The summed E-state index contributed by atoms with van der Waals surface area (Å²) in [4.78, 5) is 13.2. The first kappa shape index (κ1) is 14.5. The van der Waals surface area contributed by atoms with Gasteiger partial charge in [0.05, 0.1) is 0 Å². The lowest BCUT2D eigenvalue weighted by Crippen LogP contribution is -2.21. The fraction of sp³-hybridized carbons (Fsp3) is 0.300. The third-order valence-corrected chi connectivity index (χ3v) is 2.78. The van der Waals surface area contributed by atoms with Gasteiger partial charge in [0.15, 0.2) is 0 Å². The van der Waals surface area contributed by atoms with E-state index in [1.807, 2.05) is 25.2 Å². The molecule has 5 heteroatoms. The number of hydrogen-bond donors (Lipinski definition) is 1. The number of amides is 1. The van der Waals surface area contributed by atoms with Gasteiger partial charge in [0.25, 0.3) is 5.91 Å². The fourth-order valence-electron chi connectivity index (χ4n) is 1.11. The Morgan fingerprint density at radius 1 is 1.40 bits per heavy atom. The molecular formula is C10H14ClIN2O. The summed E-state index contributed by atoms with van der Waals surface area (Å²) in [5, 5.41) is 3.06.